The normalized spacial score (nSPS) is 27.7. The molecule has 2 nitrogen and oxygen atoms in total. The van der Waals surface area contributed by atoms with Crippen LogP contribution >= 0.6 is 15.9 Å². The van der Waals surface area contributed by atoms with Gasteiger partial charge in [-0.3, -0.25) is 4.79 Å². The molecule has 4 atom stereocenters. The van der Waals surface area contributed by atoms with E-state index >= 15 is 0 Å². The Labute approximate surface area is 173 Å². The summed E-state index contributed by atoms with van der Waals surface area (Å²) in [5, 5.41) is 0.849. The van der Waals surface area contributed by atoms with Gasteiger partial charge in [-0.25, -0.2) is 0 Å². The molecule has 0 heterocycles. The van der Waals surface area contributed by atoms with Crippen LogP contribution in [0.4, 0.5) is 0 Å². The van der Waals surface area contributed by atoms with Gasteiger partial charge in [0.15, 0.2) is 0 Å². The van der Waals surface area contributed by atoms with Crippen LogP contribution in [0, 0.1) is 23.7 Å². The minimum atomic E-state index is -0.0954. The average molecular weight is 435 g/mol. The molecule has 0 bridgehead atoms. The highest BCUT2D eigenvalue weighted by Crippen LogP contribution is 2.41. The van der Waals surface area contributed by atoms with E-state index in [-0.39, 0.29) is 18.0 Å². The van der Waals surface area contributed by atoms with Crippen molar-refractivity contribution >= 4 is 21.9 Å². The summed E-state index contributed by atoms with van der Waals surface area (Å²) in [7, 11) is 0. The molecule has 2 aliphatic carbocycles. The molecule has 3 heteroatoms. The first-order valence-electron chi connectivity index (χ1n) is 10.8. The zero-order valence-corrected chi connectivity index (χ0v) is 18.7. The quantitative estimate of drug-likeness (QED) is 0.360. The number of alkyl halides is 1. The van der Waals surface area contributed by atoms with Gasteiger partial charge in [0.1, 0.15) is 6.10 Å². The van der Waals surface area contributed by atoms with E-state index in [0.29, 0.717) is 23.7 Å². The van der Waals surface area contributed by atoms with E-state index in [1.807, 2.05) is 0 Å². The van der Waals surface area contributed by atoms with Gasteiger partial charge in [-0.15, -0.1) is 0 Å². The second-order valence-corrected chi connectivity index (χ2v) is 9.76. The number of carbonyl (C=O) groups is 1. The van der Waals surface area contributed by atoms with Crippen molar-refractivity contribution in [1.29, 1.82) is 0 Å². The van der Waals surface area contributed by atoms with E-state index in [0.717, 1.165) is 30.2 Å². The van der Waals surface area contributed by atoms with Gasteiger partial charge in [0, 0.05) is 5.33 Å². The molecule has 27 heavy (non-hydrogen) atoms. The fourth-order valence-corrected chi connectivity index (χ4v) is 5.55. The zero-order valence-electron chi connectivity index (χ0n) is 17.1. The molecular formula is C24H35BrO2. The van der Waals surface area contributed by atoms with Crippen molar-refractivity contribution in [3.05, 3.63) is 35.4 Å². The summed E-state index contributed by atoms with van der Waals surface area (Å²) in [5.41, 5.74) is 2.39. The Morgan fingerprint density at radius 3 is 2.37 bits per heavy atom. The van der Waals surface area contributed by atoms with E-state index in [9.17, 15) is 4.79 Å². The molecule has 3 rings (SSSR count). The molecule has 150 valence electrons. The summed E-state index contributed by atoms with van der Waals surface area (Å²) >= 11 is 3.51. The van der Waals surface area contributed by atoms with Gasteiger partial charge in [-0.05, 0) is 60.5 Å². The Balaban J connectivity index is 1.79. The standard InChI is InChI=1S/C24H35BrO2/c1-16(2)21-13-8-17(3)14-22(21)27-24(26)23(19-6-4-5-7-19)20-11-9-18(15-25)10-12-20/h9-12,16-17,19,21-23H,4-8,13-15H2,1-3H3. The van der Waals surface area contributed by atoms with Crippen LogP contribution in [0.1, 0.15) is 82.8 Å². The first-order chi connectivity index (χ1) is 13.0. The number of benzene rings is 1. The molecule has 1 aromatic carbocycles. The summed E-state index contributed by atoms with van der Waals surface area (Å²) in [4.78, 5) is 13.4. The molecule has 1 aromatic rings. The maximum absolute atomic E-state index is 13.4. The van der Waals surface area contributed by atoms with E-state index in [2.05, 4.69) is 61.0 Å². The third-order valence-corrected chi connectivity index (χ3v) is 7.49. The molecule has 0 aliphatic heterocycles. The van der Waals surface area contributed by atoms with Crippen LogP contribution in [0.3, 0.4) is 0 Å². The Morgan fingerprint density at radius 2 is 1.78 bits per heavy atom. The van der Waals surface area contributed by atoms with Gasteiger partial charge in [0.05, 0.1) is 5.92 Å². The number of ether oxygens (including phenoxy) is 1. The Morgan fingerprint density at radius 1 is 1.11 bits per heavy atom. The number of rotatable bonds is 6. The smallest absolute Gasteiger partial charge is 0.313 e. The molecule has 4 unspecified atom stereocenters. The Kier molecular flexibility index (Phi) is 7.42. The topological polar surface area (TPSA) is 26.3 Å². The van der Waals surface area contributed by atoms with Crippen molar-refractivity contribution in [2.45, 2.75) is 83.1 Å². The summed E-state index contributed by atoms with van der Waals surface area (Å²) < 4.78 is 6.27. The molecule has 0 aromatic heterocycles. The maximum Gasteiger partial charge on any atom is 0.313 e. The van der Waals surface area contributed by atoms with E-state index in [4.69, 9.17) is 4.74 Å². The lowest BCUT2D eigenvalue weighted by atomic mass is 9.75. The van der Waals surface area contributed by atoms with E-state index < -0.39 is 0 Å². The first-order valence-corrected chi connectivity index (χ1v) is 12.0. The second kappa shape index (κ2) is 9.58. The largest absolute Gasteiger partial charge is 0.462 e. The predicted molar refractivity (Wildman–Crippen MR) is 115 cm³/mol. The third kappa shape index (κ3) is 5.16. The van der Waals surface area contributed by atoms with Gasteiger partial charge in [0.25, 0.3) is 0 Å². The van der Waals surface area contributed by atoms with Crippen LogP contribution in [0.15, 0.2) is 24.3 Å². The van der Waals surface area contributed by atoms with Crippen molar-refractivity contribution in [1.82, 2.24) is 0 Å². The van der Waals surface area contributed by atoms with Crippen LogP contribution < -0.4 is 0 Å². The number of carbonyl (C=O) groups excluding carboxylic acids is 1. The van der Waals surface area contributed by atoms with Crippen LogP contribution in [0.2, 0.25) is 0 Å². The fourth-order valence-electron chi connectivity index (χ4n) is 5.18. The summed E-state index contributed by atoms with van der Waals surface area (Å²) in [6, 6.07) is 8.56. The highest BCUT2D eigenvalue weighted by atomic mass is 79.9. The molecule has 2 aliphatic rings. The molecule has 0 spiro atoms. The number of hydrogen-bond acceptors (Lipinski definition) is 2. The molecule has 0 radical (unpaired) electrons. The SMILES string of the molecule is CC1CCC(C(C)C)C(OC(=O)C(c2ccc(CBr)cc2)C2CCCC2)C1. The lowest BCUT2D eigenvalue weighted by Gasteiger charge is -2.37. The Hall–Kier alpha value is -0.830. The number of halogens is 1. The first kappa shape index (κ1) is 20.9. The monoisotopic (exact) mass is 434 g/mol. The molecule has 2 saturated carbocycles. The van der Waals surface area contributed by atoms with Gasteiger partial charge in [0.2, 0.25) is 0 Å². The van der Waals surface area contributed by atoms with Gasteiger partial charge >= 0.3 is 5.97 Å². The van der Waals surface area contributed by atoms with Crippen LogP contribution in [-0.2, 0) is 14.9 Å². The van der Waals surface area contributed by atoms with Crippen LogP contribution in [0.25, 0.3) is 0 Å². The molecule has 0 N–H and O–H groups in total. The predicted octanol–water partition coefficient (Wildman–Crippen LogP) is 6.86. The third-order valence-electron chi connectivity index (χ3n) is 6.85. The van der Waals surface area contributed by atoms with Crippen molar-refractivity contribution in [2.24, 2.45) is 23.7 Å². The van der Waals surface area contributed by atoms with Gasteiger partial charge in [-0.1, -0.05) is 80.2 Å². The minimum Gasteiger partial charge on any atom is -0.462 e. The molecular weight excluding hydrogens is 400 g/mol. The van der Waals surface area contributed by atoms with Gasteiger partial charge in [-0.2, -0.15) is 0 Å². The summed E-state index contributed by atoms with van der Waals surface area (Å²) in [6.45, 7) is 6.84. The molecule has 0 amide bonds. The van der Waals surface area contributed by atoms with Crippen molar-refractivity contribution in [3.8, 4) is 0 Å². The van der Waals surface area contributed by atoms with Crippen molar-refractivity contribution in [2.75, 3.05) is 0 Å². The van der Waals surface area contributed by atoms with E-state index in [1.54, 1.807) is 0 Å². The van der Waals surface area contributed by atoms with Crippen LogP contribution in [-0.4, -0.2) is 12.1 Å². The lowest BCUT2D eigenvalue weighted by Crippen LogP contribution is -2.37. The zero-order chi connectivity index (χ0) is 19.4. The minimum absolute atomic E-state index is 0.0262. The van der Waals surface area contributed by atoms with Crippen molar-refractivity contribution < 1.29 is 9.53 Å². The highest BCUT2D eigenvalue weighted by molar-refractivity contribution is 9.08. The molecule has 0 saturated heterocycles. The summed E-state index contributed by atoms with van der Waals surface area (Å²) in [5.74, 6) is 2.09. The molecule has 2 fully saturated rings. The summed E-state index contributed by atoms with van der Waals surface area (Å²) in [6.07, 6.45) is 8.33. The van der Waals surface area contributed by atoms with Crippen LogP contribution in [0.5, 0.6) is 0 Å². The van der Waals surface area contributed by atoms with Crippen molar-refractivity contribution in [3.63, 3.8) is 0 Å². The highest BCUT2D eigenvalue weighted by Gasteiger charge is 2.38. The number of hydrogen-bond donors (Lipinski definition) is 0. The Bertz CT molecular complexity index is 603. The van der Waals surface area contributed by atoms with E-state index in [1.165, 1.54) is 31.2 Å². The number of esters is 1. The lowest BCUT2D eigenvalue weighted by molar-refractivity contribution is -0.159. The maximum atomic E-state index is 13.4. The fraction of sp³-hybridized carbons (Fsp3) is 0.708. The second-order valence-electron chi connectivity index (χ2n) is 9.20. The average Bonchev–Trinajstić information content (AvgIpc) is 3.16. The van der Waals surface area contributed by atoms with Gasteiger partial charge < -0.3 is 4.74 Å².